The zero-order chi connectivity index (χ0) is 13.9. The normalized spacial score (nSPS) is 11.2. The lowest BCUT2D eigenvalue weighted by Crippen LogP contribution is -1.95. The lowest BCUT2D eigenvalue weighted by atomic mass is 10.3. The summed E-state index contributed by atoms with van der Waals surface area (Å²) in [5.74, 6) is 0. The molecule has 0 spiro atoms. The van der Waals surface area contributed by atoms with E-state index in [0.717, 1.165) is 6.54 Å². The number of hydrogen-bond acceptors (Lipinski definition) is 4. The minimum absolute atomic E-state index is 0. The molecule has 0 aliphatic carbocycles. The molecular formula is C8H26N2O6P2. The molecule has 9 N–H and O–H groups in total. The molecular weight excluding hydrogens is 282 g/mol. The summed E-state index contributed by atoms with van der Waals surface area (Å²) >= 11 is 0. The molecule has 0 aliphatic heterocycles. The molecule has 0 bridgehead atoms. The maximum Gasteiger partial charge on any atom is 0.325 e. The van der Waals surface area contributed by atoms with Crippen LogP contribution < -0.4 is 11.9 Å². The molecule has 0 unspecified atom stereocenters. The van der Waals surface area contributed by atoms with E-state index in [-0.39, 0.29) is 31.3 Å². The number of rotatable bonds is 7. The molecule has 10 heteroatoms. The Morgan fingerprint density at radius 1 is 0.889 bits per heavy atom. The first kappa shape index (κ1) is 23.3. The highest BCUT2D eigenvalue weighted by Crippen LogP contribution is 2.38. The van der Waals surface area contributed by atoms with Gasteiger partial charge in [-0.3, -0.25) is 9.13 Å². The molecule has 0 aromatic heterocycles. The van der Waals surface area contributed by atoms with E-state index in [1.165, 1.54) is 12.8 Å². The van der Waals surface area contributed by atoms with Gasteiger partial charge in [0.2, 0.25) is 0 Å². The average Bonchev–Trinajstić information content (AvgIpc) is 2.12. The first-order valence-electron chi connectivity index (χ1n) is 5.41. The average molecular weight is 308 g/mol. The quantitative estimate of drug-likeness (QED) is 0.298. The van der Waals surface area contributed by atoms with E-state index in [1.807, 2.05) is 0 Å². The van der Waals surface area contributed by atoms with E-state index in [1.54, 1.807) is 0 Å². The third-order valence-corrected chi connectivity index (χ3v) is 3.50. The highest BCUT2D eigenvalue weighted by atomic mass is 31.2. The second kappa shape index (κ2) is 12.3. The Morgan fingerprint density at radius 3 is 1.33 bits per heavy atom. The summed E-state index contributed by atoms with van der Waals surface area (Å²) in [5, 5.41) is 0. The molecule has 0 saturated carbocycles. The molecule has 0 heterocycles. The highest BCUT2D eigenvalue weighted by molar-refractivity contribution is 7.52. The Kier molecular flexibility index (Phi) is 15.9. The molecule has 114 valence electrons. The van der Waals surface area contributed by atoms with Crippen LogP contribution >= 0.6 is 15.2 Å². The van der Waals surface area contributed by atoms with Crippen molar-refractivity contribution in [3.05, 3.63) is 0 Å². The van der Waals surface area contributed by atoms with Gasteiger partial charge in [0.25, 0.3) is 0 Å². The van der Waals surface area contributed by atoms with Crippen LogP contribution in [0, 0.1) is 0 Å². The van der Waals surface area contributed by atoms with Gasteiger partial charge < -0.3 is 31.5 Å². The zero-order valence-corrected chi connectivity index (χ0v) is 12.5. The van der Waals surface area contributed by atoms with Crippen LogP contribution in [0.3, 0.4) is 0 Å². The molecule has 18 heavy (non-hydrogen) atoms. The smallest absolute Gasteiger partial charge is 0.325 e. The Balaban J connectivity index is -0.000000321. The van der Waals surface area contributed by atoms with Crippen LogP contribution in [0.15, 0.2) is 0 Å². The first-order chi connectivity index (χ1) is 7.62. The van der Waals surface area contributed by atoms with Crippen molar-refractivity contribution < 1.29 is 28.7 Å². The first-order valence-corrected chi connectivity index (χ1v) is 9.01. The fourth-order valence-corrected chi connectivity index (χ4v) is 2.11. The van der Waals surface area contributed by atoms with Gasteiger partial charge >= 0.3 is 15.2 Å². The fourth-order valence-electron chi connectivity index (χ4n) is 0.840. The molecule has 0 amide bonds. The second-order valence-corrected chi connectivity index (χ2v) is 7.18. The van der Waals surface area contributed by atoms with Gasteiger partial charge in [-0.15, -0.1) is 0 Å². The molecule has 0 aliphatic rings. The Bertz CT molecular complexity index is 238. The molecule has 0 rings (SSSR count). The SMILES string of the molecule is CCCCN.N.O=P(O)(O)CCCCP(=O)(O)O. The van der Waals surface area contributed by atoms with Crippen LogP contribution in [0.5, 0.6) is 0 Å². The topological polar surface area (TPSA) is 176 Å². The summed E-state index contributed by atoms with van der Waals surface area (Å²) in [7, 11) is -8.00. The van der Waals surface area contributed by atoms with Gasteiger partial charge in [0, 0.05) is 12.3 Å². The van der Waals surface area contributed by atoms with Gasteiger partial charge in [0.15, 0.2) is 0 Å². The summed E-state index contributed by atoms with van der Waals surface area (Å²) < 4.78 is 20.5. The highest BCUT2D eigenvalue weighted by Gasteiger charge is 2.15. The van der Waals surface area contributed by atoms with Crippen molar-refractivity contribution in [2.24, 2.45) is 5.73 Å². The third-order valence-electron chi connectivity index (χ3n) is 1.71. The Morgan fingerprint density at radius 2 is 1.22 bits per heavy atom. The number of hydrogen-bond donors (Lipinski definition) is 6. The van der Waals surface area contributed by atoms with E-state index in [2.05, 4.69) is 6.92 Å². The molecule has 0 fully saturated rings. The molecule has 8 nitrogen and oxygen atoms in total. The van der Waals surface area contributed by atoms with Crippen molar-refractivity contribution in [3.63, 3.8) is 0 Å². The van der Waals surface area contributed by atoms with Gasteiger partial charge in [-0.1, -0.05) is 13.3 Å². The van der Waals surface area contributed by atoms with Crippen LogP contribution in [0.1, 0.15) is 32.6 Å². The minimum atomic E-state index is -4.00. The summed E-state index contributed by atoms with van der Waals surface area (Å²) in [6, 6.07) is 0. The Labute approximate surface area is 108 Å². The van der Waals surface area contributed by atoms with Crippen LogP contribution in [0.2, 0.25) is 0 Å². The van der Waals surface area contributed by atoms with E-state index < -0.39 is 15.2 Å². The van der Waals surface area contributed by atoms with Gasteiger partial charge in [-0.25, -0.2) is 0 Å². The molecule has 0 aromatic carbocycles. The van der Waals surface area contributed by atoms with E-state index in [9.17, 15) is 9.13 Å². The van der Waals surface area contributed by atoms with E-state index >= 15 is 0 Å². The van der Waals surface area contributed by atoms with Crippen LogP contribution in [0.25, 0.3) is 0 Å². The number of nitrogens with two attached hydrogens (primary N) is 1. The van der Waals surface area contributed by atoms with Crippen LogP contribution in [0.4, 0.5) is 0 Å². The summed E-state index contributed by atoms with van der Waals surface area (Å²) in [5.41, 5.74) is 5.14. The fraction of sp³-hybridized carbons (Fsp3) is 1.00. The summed E-state index contributed by atoms with van der Waals surface area (Å²) in [4.78, 5) is 33.5. The van der Waals surface area contributed by atoms with Gasteiger partial charge in [-0.05, 0) is 25.8 Å². The van der Waals surface area contributed by atoms with E-state index in [4.69, 9.17) is 25.3 Å². The molecule has 0 saturated heterocycles. The Hall–Kier alpha value is 0.220. The molecule has 0 atom stereocenters. The minimum Gasteiger partial charge on any atom is -0.344 e. The van der Waals surface area contributed by atoms with Crippen LogP contribution in [-0.4, -0.2) is 38.4 Å². The maximum atomic E-state index is 10.3. The monoisotopic (exact) mass is 308 g/mol. The lowest BCUT2D eigenvalue weighted by molar-refractivity contribution is 0.364. The predicted octanol–water partition coefficient (Wildman–Crippen LogP) is 1.03. The van der Waals surface area contributed by atoms with Crippen LogP contribution in [-0.2, 0) is 9.13 Å². The summed E-state index contributed by atoms with van der Waals surface area (Å²) in [6.07, 6.45) is 2.03. The zero-order valence-electron chi connectivity index (χ0n) is 10.7. The standard InChI is InChI=1S/C4H11N.C4H12O6P2.H3N/c1-2-3-4-5;5-11(6,7)3-1-2-4-12(8,9)10;/h2-5H2,1H3;1-4H2,(H2,5,6,7)(H2,8,9,10);1H3. The summed E-state index contributed by atoms with van der Waals surface area (Å²) in [6.45, 7) is 2.98. The predicted molar refractivity (Wildman–Crippen MR) is 72.0 cm³/mol. The van der Waals surface area contributed by atoms with E-state index in [0.29, 0.717) is 0 Å². The van der Waals surface area contributed by atoms with Crippen molar-refractivity contribution in [3.8, 4) is 0 Å². The largest absolute Gasteiger partial charge is 0.344 e. The van der Waals surface area contributed by atoms with Crippen molar-refractivity contribution >= 4 is 15.2 Å². The van der Waals surface area contributed by atoms with Gasteiger partial charge in [0.05, 0.1) is 0 Å². The van der Waals surface area contributed by atoms with Crippen molar-refractivity contribution in [2.75, 3.05) is 18.9 Å². The van der Waals surface area contributed by atoms with Crippen molar-refractivity contribution in [1.29, 1.82) is 0 Å². The van der Waals surface area contributed by atoms with Gasteiger partial charge in [0.1, 0.15) is 0 Å². The molecule has 0 aromatic rings. The second-order valence-electron chi connectivity index (χ2n) is 3.63. The third kappa shape index (κ3) is 29.8. The molecule has 0 radical (unpaired) electrons. The number of unbranched alkanes of at least 4 members (excludes halogenated alkanes) is 2. The maximum absolute atomic E-state index is 10.3. The van der Waals surface area contributed by atoms with Crippen molar-refractivity contribution in [1.82, 2.24) is 6.15 Å². The van der Waals surface area contributed by atoms with Gasteiger partial charge in [-0.2, -0.15) is 0 Å². The van der Waals surface area contributed by atoms with Crippen molar-refractivity contribution in [2.45, 2.75) is 32.6 Å². The lowest BCUT2D eigenvalue weighted by Gasteiger charge is -2.04.